The first-order chi connectivity index (χ1) is 11.5. The zero-order valence-electron chi connectivity index (χ0n) is 14.6. The van der Waals surface area contributed by atoms with E-state index in [0.29, 0.717) is 37.6 Å². The number of nitrogens with zero attached hydrogens (tertiary/aromatic N) is 3. The topological polar surface area (TPSA) is 74.8 Å². The van der Waals surface area contributed by atoms with E-state index in [1.165, 1.54) is 0 Å². The number of nitrogens with one attached hydrogen (secondary N) is 1. The van der Waals surface area contributed by atoms with Gasteiger partial charge in [0, 0.05) is 58.3 Å². The van der Waals surface area contributed by atoms with Gasteiger partial charge in [-0.3, -0.25) is 9.78 Å². The Morgan fingerprint density at radius 3 is 2.67 bits per heavy atom. The van der Waals surface area contributed by atoms with Crippen LogP contribution >= 0.6 is 0 Å². The molecule has 1 fully saturated rings. The lowest BCUT2D eigenvalue weighted by molar-refractivity contribution is 0.0415. The Kier molecular flexibility index (Phi) is 6.54. The van der Waals surface area contributed by atoms with E-state index in [9.17, 15) is 9.59 Å². The monoisotopic (exact) mass is 334 g/mol. The predicted molar refractivity (Wildman–Crippen MR) is 90.9 cm³/mol. The summed E-state index contributed by atoms with van der Waals surface area (Å²) in [6, 6.07) is 3.62. The van der Waals surface area contributed by atoms with Gasteiger partial charge in [-0.2, -0.15) is 0 Å². The van der Waals surface area contributed by atoms with Gasteiger partial charge >= 0.3 is 6.03 Å². The smallest absolute Gasteiger partial charge is 0.319 e. The third-order valence-electron chi connectivity index (χ3n) is 4.15. The summed E-state index contributed by atoms with van der Waals surface area (Å²) in [7, 11) is 3.48. The average molecular weight is 334 g/mol. The molecule has 0 radical (unpaired) electrons. The van der Waals surface area contributed by atoms with Crippen molar-refractivity contribution < 1.29 is 14.3 Å². The molecule has 0 aromatic carbocycles. The quantitative estimate of drug-likeness (QED) is 0.880. The van der Waals surface area contributed by atoms with Crippen molar-refractivity contribution in [3.63, 3.8) is 0 Å². The first kappa shape index (κ1) is 18.2. The van der Waals surface area contributed by atoms with Gasteiger partial charge in [0.25, 0.3) is 5.91 Å². The summed E-state index contributed by atoms with van der Waals surface area (Å²) < 4.78 is 5.38. The molecule has 2 heterocycles. The Balaban J connectivity index is 1.93. The average Bonchev–Trinajstić information content (AvgIpc) is 2.59. The second kappa shape index (κ2) is 8.63. The highest BCUT2D eigenvalue weighted by atomic mass is 16.5. The number of pyridine rings is 1. The van der Waals surface area contributed by atoms with E-state index in [4.69, 9.17) is 4.74 Å². The highest BCUT2D eigenvalue weighted by Gasteiger charge is 2.26. The number of hydrogen-bond acceptors (Lipinski definition) is 4. The zero-order chi connectivity index (χ0) is 17.5. The molecule has 2 rings (SSSR count). The van der Waals surface area contributed by atoms with Crippen molar-refractivity contribution in [2.24, 2.45) is 0 Å². The number of hydrogen-bond donors (Lipinski definition) is 1. The van der Waals surface area contributed by atoms with Crippen LogP contribution in [0.4, 0.5) is 4.79 Å². The van der Waals surface area contributed by atoms with Gasteiger partial charge in [0.15, 0.2) is 0 Å². The third kappa shape index (κ3) is 4.67. The van der Waals surface area contributed by atoms with Gasteiger partial charge in [0.1, 0.15) is 0 Å². The van der Waals surface area contributed by atoms with Gasteiger partial charge in [0.05, 0.1) is 5.56 Å². The van der Waals surface area contributed by atoms with E-state index in [0.717, 1.165) is 12.8 Å². The van der Waals surface area contributed by atoms with Gasteiger partial charge in [-0.15, -0.1) is 0 Å². The molecule has 1 aromatic heterocycles. The molecule has 132 valence electrons. The molecule has 0 bridgehead atoms. The van der Waals surface area contributed by atoms with Crippen LogP contribution in [0.5, 0.6) is 0 Å². The van der Waals surface area contributed by atoms with Crippen LogP contribution < -0.4 is 5.32 Å². The molecule has 0 aliphatic carbocycles. The normalized spacial score (nSPS) is 15.0. The van der Waals surface area contributed by atoms with E-state index in [2.05, 4.69) is 10.3 Å². The standard InChI is InChI=1S/C17H26N4O3/c1-13-15(5-4-8-18-13)16(22)19-9-10-21(17(23)20(2)3)14-6-11-24-12-7-14/h4-5,8,14H,6-7,9-12H2,1-3H3,(H,19,22). The molecule has 0 unspecified atom stereocenters. The maximum atomic E-state index is 12.4. The second-order valence-electron chi connectivity index (χ2n) is 6.11. The Morgan fingerprint density at radius 1 is 1.33 bits per heavy atom. The molecule has 0 spiro atoms. The largest absolute Gasteiger partial charge is 0.381 e. The summed E-state index contributed by atoms with van der Waals surface area (Å²) in [4.78, 5) is 32.2. The number of rotatable bonds is 5. The summed E-state index contributed by atoms with van der Waals surface area (Å²) in [5.74, 6) is -0.162. The van der Waals surface area contributed by atoms with Gasteiger partial charge in [-0.05, 0) is 31.9 Å². The maximum Gasteiger partial charge on any atom is 0.319 e. The van der Waals surface area contributed by atoms with Crippen molar-refractivity contribution in [3.8, 4) is 0 Å². The summed E-state index contributed by atoms with van der Waals surface area (Å²) in [6.07, 6.45) is 3.32. The molecule has 1 aliphatic rings. The highest BCUT2D eigenvalue weighted by Crippen LogP contribution is 2.15. The fraction of sp³-hybridized carbons (Fsp3) is 0.588. The van der Waals surface area contributed by atoms with Crippen LogP contribution in [-0.2, 0) is 4.74 Å². The van der Waals surface area contributed by atoms with Crippen molar-refractivity contribution in [3.05, 3.63) is 29.6 Å². The van der Waals surface area contributed by atoms with Gasteiger partial charge in [-0.25, -0.2) is 4.79 Å². The predicted octanol–water partition coefficient (Wildman–Crippen LogP) is 1.28. The minimum Gasteiger partial charge on any atom is -0.381 e. The SMILES string of the molecule is Cc1ncccc1C(=O)NCCN(C(=O)N(C)C)C1CCOCC1. The lowest BCUT2D eigenvalue weighted by Crippen LogP contribution is -2.50. The fourth-order valence-electron chi connectivity index (χ4n) is 2.80. The van der Waals surface area contributed by atoms with E-state index in [1.807, 2.05) is 4.90 Å². The van der Waals surface area contributed by atoms with E-state index in [1.54, 1.807) is 44.2 Å². The van der Waals surface area contributed by atoms with Crippen molar-refractivity contribution in [2.75, 3.05) is 40.4 Å². The van der Waals surface area contributed by atoms with E-state index >= 15 is 0 Å². The first-order valence-corrected chi connectivity index (χ1v) is 8.26. The molecule has 1 saturated heterocycles. The van der Waals surface area contributed by atoms with E-state index < -0.39 is 0 Å². The number of carbonyl (C=O) groups excluding carboxylic acids is 2. The number of ether oxygens (including phenoxy) is 1. The molecule has 1 aliphatic heterocycles. The molecule has 0 atom stereocenters. The van der Waals surface area contributed by atoms with Gasteiger partial charge < -0.3 is 19.9 Å². The Hall–Kier alpha value is -2.15. The zero-order valence-corrected chi connectivity index (χ0v) is 14.6. The Labute approximate surface area is 143 Å². The van der Waals surface area contributed by atoms with Crippen LogP contribution in [0.1, 0.15) is 28.9 Å². The van der Waals surface area contributed by atoms with Crippen molar-refractivity contribution >= 4 is 11.9 Å². The highest BCUT2D eigenvalue weighted by molar-refractivity contribution is 5.95. The number of aryl methyl sites for hydroxylation is 1. The fourth-order valence-corrected chi connectivity index (χ4v) is 2.80. The minimum absolute atomic E-state index is 0.0336. The van der Waals surface area contributed by atoms with Crippen molar-refractivity contribution in [1.82, 2.24) is 20.1 Å². The van der Waals surface area contributed by atoms with Gasteiger partial charge in [0.2, 0.25) is 0 Å². The van der Waals surface area contributed by atoms with Crippen LogP contribution in [0.3, 0.4) is 0 Å². The number of aromatic nitrogens is 1. The van der Waals surface area contributed by atoms with Crippen LogP contribution in [-0.4, -0.2) is 73.2 Å². The molecule has 7 nitrogen and oxygen atoms in total. The summed E-state index contributed by atoms with van der Waals surface area (Å²) in [6.45, 7) is 4.03. The second-order valence-corrected chi connectivity index (χ2v) is 6.11. The molecule has 24 heavy (non-hydrogen) atoms. The maximum absolute atomic E-state index is 12.4. The summed E-state index contributed by atoms with van der Waals surface area (Å²) >= 11 is 0. The molecular weight excluding hydrogens is 308 g/mol. The van der Waals surface area contributed by atoms with Crippen molar-refractivity contribution in [2.45, 2.75) is 25.8 Å². The molecular formula is C17H26N4O3. The van der Waals surface area contributed by atoms with Crippen LogP contribution in [0.25, 0.3) is 0 Å². The number of amides is 3. The lowest BCUT2D eigenvalue weighted by Gasteiger charge is -2.36. The first-order valence-electron chi connectivity index (χ1n) is 8.26. The van der Waals surface area contributed by atoms with Crippen LogP contribution in [0.15, 0.2) is 18.3 Å². The minimum atomic E-state index is -0.162. The number of urea groups is 1. The Morgan fingerprint density at radius 2 is 2.04 bits per heavy atom. The molecule has 1 N–H and O–H groups in total. The summed E-state index contributed by atoms with van der Waals surface area (Å²) in [5.41, 5.74) is 1.26. The molecule has 3 amide bonds. The Bertz CT molecular complexity index is 571. The summed E-state index contributed by atoms with van der Waals surface area (Å²) in [5, 5.41) is 2.88. The van der Waals surface area contributed by atoms with E-state index in [-0.39, 0.29) is 18.0 Å². The molecule has 1 aromatic rings. The molecule has 0 saturated carbocycles. The third-order valence-corrected chi connectivity index (χ3v) is 4.15. The van der Waals surface area contributed by atoms with Crippen LogP contribution in [0, 0.1) is 6.92 Å². The number of carbonyl (C=O) groups is 2. The lowest BCUT2D eigenvalue weighted by atomic mass is 10.1. The van der Waals surface area contributed by atoms with Crippen LogP contribution in [0.2, 0.25) is 0 Å². The van der Waals surface area contributed by atoms with Crippen molar-refractivity contribution in [1.29, 1.82) is 0 Å². The molecule has 7 heteroatoms. The van der Waals surface area contributed by atoms with Gasteiger partial charge in [-0.1, -0.05) is 0 Å².